The Morgan fingerprint density at radius 2 is 2.21 bits per heavy atom. The van der Waals surface area contributed by atoms with Crippen LogP contribution in [0.3, 0.4) is 0 Å². The lowest BCUT2D eigenvalue weighted by molar-refractivity contribution is -0.123. The summed E-state index contributed by atoms with van der Waals surface area (Å²) < 4.78 is 7.76. The Morgan fingerprint density at radius 1 is 1.46 bits per heavy atom. The Balaban J connectivity index is 1.69. The third-order valence-electron chi connectivity index (χ3n) is 4.29. The molecular weight excluding hydrogens is 324 g/mol. The van der Waals surface area contributed by atoms with E-state index in [0.29, 0.717) is 31.0 Å². The van der Waals surface area contributed by atoms with E-state index in [0.717, 1.165) is 17.8 Å². The third kappa shape index (κ3) is 3.73. The van der Waals surface area contributed by atoms with E-state index in [1.54, 1.807) is 0 Å². The molecule has 1 aromatic heterocycles. The van der Waals surface area contributed by atoms with E-state index in [1.165, 1.54) is 5.56 Å². The number of hydrogen-bond donors (Lipinski definition) is 2. The number of hydrogen-bond acceptors (Lipinski definition) is 4. The molecule has 1 saturated heterocycles. The minimum Gasteiger partial charge on any atom is -0.379 e. The second kappa shape index (κ2) is 6.86. The van der Waals surface area contributed by atoms with Crippen LogP contribution in [0.4, 0.5) is 0 Å². The van der Waals surface area contributed by atoms with Gasteiger partial charge < -0.3 is 10.1 Å². The number of carbonyl (C=O) groups excluding carboxylic acids is 1. The molecule has 1 aliphatic rings. The Labute approximate surface area is 146 Å². The number of aryl methyl sites for hydroxylation is 1. The molecule has 1 aromatic carbocycles. The summed E-state index contributed by atoms with van der Waals surface area (Å²) in [5.74, 6) is 0.754. The number of ether oxygens (including phenoxy) is 1. The minimum absolute atomic E-state index is 0.000885. The van der Waals surface area contributed by atoms with Crippen LogP contribution in [0.2, 0.25) is 0 Å². The van der Waals surface area contributed by atoms with Crippen LogP contribution < -0.4 is 5.32 Å². The van der Waals surface area contributed by atoms with Gasteiger partial charge in [-0.15, -0.1) is 0 Å². The SMILES string of the molecule is Cc1ccc(-c2n[nH]c(=S)n2CCC(=O)NC2(C)CCOC2)cc1. The number of rotatable bonds is 5. The van der Waals surface area contributed by atoms with Gasteiger partial charge in [0.1, 0.15) is 0 Å². The minimum atomic E-state index is -0.255. The normalized spacial score (nSPS) is 20.2. The first-order valence-electron chi connectivity index (χ1n) is 8.08. The highest BCUT2D eigenvalue weighted by Gasteiger charge is 2.31. The number of H-pyrrole nitrogens is 1. The highest BCUT2D eigenvalue weighted by molar-refractivity contribution is 7.71. The van der Waals surface area contributed by atoms with Crippen LogP contribution in [-0.2, 0) is 16.1 Å². The molecule has 0 radical (unpaired) electrons. The van der Waals surface area contributed by atoms with Crippen molar-refractivity contribution in [1.29, 1.82) is 0 Å². The third-order valence-corrected chi connectivity index (χ3v) is 4.60. The fourth-order valence-corrected chi connectivity index (χ4v) is 3.05. The highest BCUT2D eigenvalue weighted by atomic mass is 32.1. The fourth-order valence-electron chi connectivity index (χ4n) is 2.83. The molecular formula is C17H22N4O2S. The zero-order chi connectivity index (χ0) is 17.2. The summed E-state index contributed by atoms with van der Waals surface area (Å²) in [7, 11) is 0. The molecule has 1 atom stereocenters. The van der Waals surface area contributed by atoms with Crippen LogP contribution in [0.25, 0.3) is 11.4 Å². The molecule has 0 spiro atoms. The summed E-state index contributed by atoms with van der Waals surface area (Å²) in [6.45, 7) is 5.80. The maximum atomic E-state index is 12.3. The Bertz CT molecular complexity index is 773. The smallest absolute Gasteiger partial charge is 0.222 e. The number of carbonyl (C=O) groups is 1. The average molecular weight is 346 g/mol. The van der Waals surface area contributed by atoms with Crippen LogP contribution in [0, 0.1) is 11.7 Å². The lowest BCUT2D eigenvalue weighted by atomic mass is 10.0. The van der Waals surface area contributed by atoms with Crippen molar-refractivity contribution < 1.29 is 9.53 Å². The maximum absolute atomic E-state index is 12.3. The first-order chi connectivity index (χ1) is 11.5. The first-order valence-corrected chi connectivity index (χ1v) is 8.49. The van der Waals surface area contributed by atoms with Crippen molar-refractivity contribution in [2.24, 2.45) is 0 Å². The van der Waals surface area contributed by atoms with E-state index in [1.807, 2.05) is 42.7 Å². The number of nitrogens with zero attached hydrogens (tertiary/aromatic N) is 2. The van der Waals surface area contributed by atoms with E-state index in [-0.39, 0.29) is 11.4 Å². The van der Waals surface area contributed by atoms with E-state index in [2.05, 4.69) is 15.5 Å². The van der Waals surface area contributed by atoms with Gasteiger partial charge in [0.05, 0.1) is 12.1 Å². The van der Waals surface area contributed by atoms with Crippen molar-refractivity contribution in [2.75, 3.05) is 13.2 Å². The molecule has 1 fully saturated rings. The van der Waals surface area contributed by atoms with Crippen molar-refractivity contribution >= 4 is 18.1 Å². The van der Waals surface area contributed by atoms with Gasteiger partial charge in [0.2, 0.25) is 5.91 Å². The predicted octanol–water partition coefficient (Wildman–Crippen LogP) is 2.60. The van der Waals surface area contributed by atoms with Gasteiger partial charge in [-0.05, 0) is 32.5 Å². The van der Waals surface area contributed by atoms with E-state index in [9.17, 15) is 4.79 Å². The maximum Gasteiger partial charge on any atom is 0.222 e. The molecule has 2 heterocycles. The molecule has 24 heavy (non-hydrogen) atoms. The molecule has 0 bridgehead atoms. The Morgan fingerprint density at radius 3 is 2.88 bits per heavy atom. The molecule has 1 unspecified atom stereocenters. The quantitative estimate of drug-likeness (QED) is 0.817. The molecule has 1 amide bonds. The molecule has 2 aromatic rings. The zero-order valence-corrected chi connectivity index (χ0v) is 14.8. The number of aromatic nitrogens is 3. The van der Waals surface area contributed by atoms with Crippen LogP contribution >= 0.6 is 12.2 Å². The summed E-state index contributed by atoms with van der Waals surface area (Å²) >= 11 is 5.31. The number of nitrogens with one attached hydrogen (secondary N) is 2. The molecule has 0 saturated carbocycles. The summed E-state index contributed by atoms with van der Waals surface area (Å²) in [6.07, 6.45) is 1.20. The average Bonchev–Trinajstić information content (AvgIpc) is 3.12. The van der Waals surface area contributed by atoms with Gasteiger partial charge in [-0.25, -0.2) is 0 Å². The molecule has 7 heteroatoms. The topological polar surface area (TPSA) is 71.9 Å². The largest absolute Gasteiger partial charge is 0.379 e. The molecule has 1 aliphatic heterocycles. The van der Waals surface area contributed by atoms with Crippen molar-refractivity contribution in [3.63, 3.8) is 0 Å². The van der Waals surface area contributed by atoms with Crippen LogP contribution in [0.5, 0.6) is 0 Å². The van der Waals surface area contributed by atoms with Gasteiger partial charge >= 0.3 is 0 Å². The van der Waals surface area contributed by atoms with E-state index >= 15 is 0 Å². The zero-order valence-electron chi connectivity index (χ0n) is 14.0. The summed E-state index contributed by atoms with van der Waals surface area (Å²) in [5, 5.41) is 10.2. The lowest BCUT2D eigenvalue weighted by Crippen LogP contribution is -2.46. The number of benzene rings is 1. The van der Waals surface area contributed by atoms with Crippen LogP contribution in [0.1, 0.15) is 25.3 Å². The predicted molar refractivity (Wildman–Crippen MR) is 94.2 cm³/mol. The van der Waals surface area contributed by atoms with Gasteiger partial charge in [-0.3, -0.25) is 14.5 Å². The van der Waals surface area contributed by atoms with E-state index in [4.69, 9.17) is 17.0 Å². The summed E-state index contributed by atoms with van der Waals surface area (Å²) in [4.78, 5) is 12.3. The summed E-state index contributed by atoms with van der Waals surface area (Å²) in [5.41, 5.74) is 1.91. The fraction of sp³-hybridized carbons (Fsp3) is 0.471. The Hall–Kier alpha value is -1.99. The molecule has 2 N–H and O–H groups in total. The van der Waals surface area contributed by atoms with Crippen molar-refractivity contribution in [2.45, 2.75) is 38.8 Å². The second-order valence-corrected chi connectivity index (χ2v) is 6.92. The van der Waals surface area contributed by atoms with Crippen molar-refractivity contribution in [3.8, 4) is 11.4 Å². The molecule has 3 rings (SSSR count). The number of aromatic amines is 1. The van der Waals surface area contributed by atoms with Gasteiger partial charge in [0.15, 0.2) is 10.6 Å². The van der Waals surface area contributed by atoms with E-state index < -0.39 is 0 Å². The molecule has 0 aliphatic carbocycles. The highest BCUT2D eigenvalue weighted by Crippen LogP contribution is 2.19. The lowest BCUT2D eigenvalue weighted by Gasteiger charge is -2.23. The van der Waals surface area contributed by atoms with Gasteiger partial charge in [0.25, 0.3) is 0 Å². The van der Waals surface area contributed by atoms with Crippen LogP contribution in [-0.4, -0.2) is 39.4 Å². The van der Waals surface area contributed by atoms with Gasteiger partial charge in [0, 0.05) is 25.1 Å². The molecule has 128 valence electrons. The standard InChI is InChI=1S/C17H22N4O2S/c1-12-3-5-13(6-4-12)15-19-20-16(24)21(15)9-7-14(22)18-17(2)8-10-23-11-17/h3-6H,7-11H2,1-2H3,(H,18,22)(H,20,24). The number of amides is 1. The Kier molecular flexibility index (Phi) is 4.82. The van der Waals surface area contributed by atoms with Crippen molar-refractivity contribution in [3.05, 3.63) is 34.6 Å². The summed E-state index contributed by atoms with van der Waals surface area (Å²) in [6, 6.07) is 8.08. The van der Waals surface area contributed by atoms with Gasteiger partial charge in [-0.1, -0.05) is 29.8 Å². The van der Waals surface area contributed by atoms with Crippen molar-refractivity contribution in [1.82, 2.24) is 20.1 Å². The van der Waals surface area contributed by atoms with Crippen LogP contribution in [0.15, 0.2) is 24.3 Å². The first kappa shape index (κ1) is 16.9. The monoisotopic (exact) mass is 346 g/mol. The van der Waals surface area contributed by atoms with Gasteiger partial charge in [-0.2, -0.15) is 5.10 Å². The molecule has 6 nitrogen and oxygen atoms in total. The second-order valence-electron chi connectivity index (χ2n) is 6.53.